The van der Waals surface area contributed by atoms with Crippen molar-refractivity contribution in [2.24, 2.45) is 0 Å². The third kappa shape index (κ3) is 5.20. The molecule has 2 aromatic carbocycles. The van der Waals surface area contributed by atoms with Crippen LogP contribution in [0.1, 0.15) is 47.1 Å². The van der Waals surface area contributed by atoms with Crippen molar-refractivity contribution < 1.29 is 9.53 Å². The number of nitrogens with one attached hydrogen (secondary N) is 1. The zero-order valence-corrected chi connectivity index (χ0v) is 18.4. The Bertz CT molecular complexity index is 990. The van der Waals surface area contributed by atoms with Crippen LogP contribution in [0.25, 0.3) is 22.2 Å². The molecule has 0 aliphatic heterocycles. The molecule has 3 rings (SSSR count). The van der Waals surface area contributed by atoms with Gasteiger partial charge in [-0.1, -0.05) is 39.0 Å². The molecule has 0 bridgehead atoms. The number of thioether (sulfide) groups is 1. The van der Waals surface area contributed by atoms with Crippen LogP contribution in [0.4, 0.5) is 0 Å². The quantitative estimate of drug-likeness (QED) is 0.401. The fourth-order valence-corrected chi connectivity index (χ4v) is 3.74. The Morgan fingerprint density at radius 3 is 2.43 bits per heavy atom. The lowest BCUT2D eigenvalue weighted by Crippen LogP contribution is -2.24. The first-order valence-corrected chi connectivity index (χ1v) is 10.6. The molecule has 1 heterocycles. The highest BCUT2D eigenvalue weighted by atomic mass is 32.2. The van der Waals surface area contributed by atoms with Gasteiger partial charge in [0, 0.05) is 21.5 Å². The second-order valence-corrected chi connectivity index (χ2v) is 10.2. The smallest absolute Gasteiger partial charge is 0.316 e. The van der Waals surface area contributed by atoms with Crippen LogP contribution < -0.4 is 0 Å². The van der Waals surface area contributed by atoms with Gasteiger partial charge in [-0.25, -0.2) is 0 Å². The number of hydrogen-bond donors (Lipinski definition) is 1. The minimum absolute atomic E-state index is 0.119. The molecule has 4 heteroatoms. The van der Waals surface area contributed by atoms with E-state index in [2.05, 4.69) is 68.2 Å². The number of ether oxygens (including phenoxy) is 1. The predicted octanol–water partition coefficient (Wildman–Crippen LogP) is 6.57. The van der Waals surface area contributed by atoms with Crippen molar-refractivity contribution in [3.8, 4) is 11.3 Å². The van der Waals surface area contributed by atoms with E-state index >= 15 is 0 Å². The van der Waals surface area contributed by atoms with E-state index < -0.39 is 5.60 Å². The second kappa shape index (κ2) is 7.67. The first kappa shape index (κ1) is 20.5. The number of fused-ring (bicyclic) bond motifs is 1. The molecule has 3 nitrogen and oxygen atoms in total. The molecule has 1 N–H and O–H groups in total. The van der Waals surface area contributed by atoms with Gasteiger partial charge >= 0.3 is 5.97 Å². The molecule has 0 amide bonds. The van der Waals surface area contributed by atoms with Crippen molar-refractivity contribution >= 4 is 28.6 Å². The SMILES string of the molecule is CC(C)(C)OC(=O)CSc1ccc2[nH]c(-c3cccc(C(C)(C)C)c3)cc2c1. The monoisotopic (exact) mass is 395 g/mol. The summed E-state index contributed by atoms with van der Waals surface area (Å²) in [5.41, 5.74) is 4.38. The number of esters is 1. The predicted molar refractivity (Wildman–Crippen MR) is 119 cm³/mol. The van der Waals surface area contributed by atoms with E-state index in [1.807, 2.05) is 26.8 Å². The maximum Gasteiger partial charge on any atom is 0.316 e. The Morgan fingerprint density at radius 1 is 1.00 bits per heavy atom. The lowest BCUT2D eigenvalue weighted by atomic mass is 9.86. The van der Waals surface area contributed by atoms with Gasteiger partial charge < -0.3 is 9.72 Å². The number of H-pyrrole nitrogens is 1. The number of aromatic nitrogens is 1. The molecule has 0 fully saturated rings. The number of rotatable bonds is 4. The fourth-order valence-electron chi connectivity index (χ4n) is 3.02. The molecule has 3 aromatic rings. The van der Waals surface area contributed by atoms with E-state index in [0.717, 1.165) is 21.5 Å². The van der Waals surface area contributed by atoms with Crippen LogP contribution in [0.2, 0.25) is 0 Å². The standard InChI is InChI=1S/C24H29NO2S/c1-23(2,3)18-9-7-8-16(12-18)21-14-17-13-19(10-11-20(17)25-21)28-15-22(26)27-24(4,5)6/h7-14,25H,15H2,1-6H3. The molecular weight excluding hydrogens is 366 g/mol. The topological polar surface area (TPSA) is 42.1 Å². The zero-order valence-electron chi connectivity index (χ0n) is 17.6. The lowest BCUT2D eigenvalue weighted by molar-refractivity contribution is -0.151. The molecular formula is C24H29NO2S. The highest BCUT2D eigenvalue weighted by Crippen LogP contribution is 2.31. The van der Waals surface area contributed by atoms with Gasteiger partial charge in [-0.3, -0.25) is 4.79 Å². The number of benzene rings is 2. The summed E-state index contributed by atoms with van der Waals surface area (Å²) in [4.78, 5) is 16.5. The molecule has 0 aliphatic carbocycles. The first-order chi connectivity index (χ1) is 13.0. The lowest BCUT2D eigenvalue weighted by Gasteiger charge is -2.19. The van der Waals surface area contributed by atoms with E-state index in [1.54, 1.807) is 0 Å². The summed E-state index contributed by atoms with van der Waals surface area (Å²) in [5.74, 6) is 0.125. The molecule has 148 valence electrons. The van der Waals surface area contributed by atoms with Crippen LogP contribution in [-0.4, -0.2) is 22.3 Å². The van der Waals surface area contributed by atoms with Crippen LogP contribution >= 0.6 is 11.8 Å². The van der Waals surface area contributed by atoms with Crippen molar-refractivity contribution in [1.82, 2.24) is 4.98 Å². The zero-order chi connectivity index (χ0) is 20.5. The third-order valence-electron chi connectivity index (χ3n) is 4.41. The highest BCUT2D eigenvalue weighted by Gasteiger charge is 2.17. The third-order valence-corrected chi connectivity index (χ3v) is 5.38. The molecule has 0 saturated carbocycles. The van der Waals surface area contributed by atoms with Gasteiger partial charge in [0.2, 0.25) is 0 Å². The molecule has 1 aromatic heterocycles. The fraction of sp³-hybridized carbons (Fsp3) is 0.375. The van der Waals surface area contributed by atoms with Crippen LogP contribution in [0.15, 0.2) is 53.4 Å². The molecule has 0 unspecified atom stereocenters. The van der Waals surface area contributed by atoms with Crippen LogP contribution in [0.5, 0.6) is 0 Å². The first-order valence-electron chi connectivity index (χ1n) is 9.60. The second-order valence-electron chi connectivity index (χ2n) is 9.14. The summed E-state index contributed by atoms with van der Waals surface area (Å²) in [6.07, 6.45) is 0. The maximum atomic E-state index is 11.9. The maximum absolute atomic E-state index is 11.9. The number of carbonyl (C=O) groups is 1. The van der Waals surface area contributed by atoms with Crippen molar-refractivity contribution in [3.05, 3.63) is 54.1 Å². The van der Waals surface area contributed by atoms with Gasteiger partial charge in [0.25, 0.3) is 0 Å². The minimum Gasteiger partial charge on any atom is -0.459 e. The van der Waals surface area contributed by atoms with E-state index in [0.29, 0.717) is 5.75 Å². The van der Waals surface area contributed by atoms with Crippen LogP contribution in [-0.2, 0) is 14.9 Å². The normalized spacial score (nSPS) is 12.4. The Labute approximate surface area is 171 Å². The summed E-state index contributed by atoms with van der Waals surface area (Å²) in [6.45, 7) is 12.3. The number of hydrogen-bond acceptors (Lipinski definition) is 3. The molecule has 28 heavy (non-hydrogen) atoms. The van der Waals surface area contributed by atoms with Crippen molar-refractivity contribution in [2.45, 2.75) is 57.5 Å². The van der Waals surface area contributed by atoms with Gasteiger partial charge in [0.1, 0.15) is 5.60 Å². The Hall–Kier alpha value is -2.20. The van der Waals surface area contributed by atoms with Crippen LogP contribution in [0, 0.1) is 0 Å². The summed E-state index contributed by atoms with van der Waals surface area (Å²) < 4.78 is 5.38. The Morgan fingerprint density at radius 2 is 1.75 bits per heavy atom. The number of aromatic amines is 1. The molecule has 0 spiro atoms. The van der Waals surface area contributed by atoms with Gasteiger partial charge in [0.15, 0.2) is 0 Å². The van der Waals surface area contributed by atoms with Crippen molar-refractivity contribution in [1.29, 1.82) is 0 Å². The average Bonchev–Trinajstić information content (AvgIpc) is 3.01. The van der Waals surface area contributed by atoms with Crippen molar-refractivity contribution in [2.75, 3.05) is 5.75 Å². The summed E-state index contributed by atoms with van der Waals surface area (Å²) in [5, 5.41) is 1.14. The summed E-state index contributed by atoms with van der Waals surface area (Å²) in [6, 6.07) is 17.1. The molecule has 0 saturated heterocycles. The summed E-state index contributed by atoms with van der Waals surface area (Å²) in [7, 11) is 0. The van der Waals surface area contributed by atoms with Crippen LogP contribution in [0.3, 0.4) is 0 Å². The largest absolute Gasteiger partial charge is 0.459 e. The van der Waals surface area contributed by atoms with E-state index in [9.17, 15) is 4.79 Å². The van der Waals surface area contributed by atoms with E-state index in [4.69, 9.17) is 4.74 Å². The van der Waals surface area contributed by atoms with Gasteiger partial charge in [-0.05, 0) is 67.6 Å². The van der Waals surface area contributed by atoms with Gasteiger partial charge in [-0.15, -0.1) is 11.8 Å². The number of carbonyl (C=O) groups excluding carboxylic acids is 1. The molecule has 0 radical (unpaired) electrons. The molecule has 0 aliphatic rings. The average molecular weight is 396 g/mol. The van der Waals surface area contributed by atoms with Crippen molar-refractivity contribution in [3.63, 3.8) is 0 Å². The Balaban J connectivity index is 1.79. The van der Waals surface area contributed by atoms with Gasteiger partial charge in [-0.2, -0.15) is 0 Å². The van der Waals surface area contributed by atoms with Gasteiger partial charge in [0.05, 0.1) is 5.75 Å². The Kier molecular flexibility index (Phi) is 5.62. The van der Waals surface area contributed by atoms with E-state index in [-0.39, 0.29) is 11.4 Å². The minimum atomic E-state index is -0.446. The van der Waals surface area contributed by atoms with E-state index in [1.165, 1.54) is 22.9 Å². The highest BCUT2D eigenvalue weighted by molar-refractivity contribution is 8.00. The molecule has 0 atom stereocenters. The summed E-state index contributed by atoms with van der Waals surface area (Å²) >= 11 is 1.51.